The second-order valence-corrected chi connectivity index (χ2v) is 7.41. The minimum atomic E-state index is -1.18. The zero-order valence-corrected chi connectivity index (χ0v) is 16.5. The lowest BCUT2D eigenvalue weighted by atomic mass is 10.1. The summed E-state index contributed by atoms with van der Waals surface area (Å²) >= 11 is 0. The fraction of sp³-hybridized carbons (Fsp3) is 0.364. The highest BCUT2D eigenvalue weighted by molar-refractivity contribution is 6.05. The molecule has 0 spiro atoms. The first-order chi connectivity index (χ1) is 14.0. The number of aliphatic hydroxyl groups is 1. The van der Waals surface area contributed by atoms with E-state index in [2.05, 4.69) is 0 Å². The maximum atomic E-state index is 13.1. The van der Waals surface area contributed by atoms with E-state index in [1.807, 2.05) is 31.2 Å². The van der Waals surface area contributed by atoms with Crippen LogP contribution in [0.15, 0.2) is 42.5 Å². The molecule has 1 fully saturated rings. The fourth-order valence-electron chi connectivity index (χ4n) is 3.95. The van der Waals surface area contributed by atoms with Gasteiger partial charge in [0.05, 0.1) is 24.4 Å². The summed E-state index contributed by atoms with van der Waals surface area (Å²) in [5.74, 6) is 0.298. The molecule has 2 aromatic rings. The monoisotopic (exact) mass is 396 g/mol. The molecule has 7 heteroatoms. The van der Waals surface area contributed by atoms with Gasteiger partial charge in [0.2, 0.25) is 0 Å². The molecule has 1 N–H and O–H groups in total. The van der Waals surface area contributed by atoms with Gasteiger partial charge in [-0.05, 0) is 43.5 Å². The van der Waals surface area contributed by atoms with Gasteiger partial charge in [0.1, 0.15) is 12.4 Å². The van der Waals surface area contributed by atoms with Crippen LogP contribution in [0.3, 0.4) is 0 Å². The van der Waals surface area contributed by atoms with Gasteiger partial charge in [-0.2, -0.15) is 0 Å². The number of aliphatic hydroxyl groups excluding tert-OH is 1. The van der Waals surface area contributed by atoms with Crippen molar-refractivity contribution < 1.29 is 24.2 Å². The van der Waals surface area contributed by atoms with Gasteiger partial charge in [-0.1, -0.05) is 29.8 Å². The van der Waals surface area contributed by atoms with Gasteiger partial charge < -0.3 is 19.5 Å². The van der Waals surface area contributed by atoms with Crippen LogP contribution in [0, 0.1) is 6.92 Å². The van der Waals surface area contributed by atoms with E-state index in [1.165, 1.54) is 12.0 Å². The van der Waals surface area contributed by atoms with Crippen LogP contribution in [0.5, 0.6) is 5.75 Å². The maximum Gasteiger partial charge on any atom is 0.416 e. The predicted octanol–water partition coefficient (Wildman–Crippen LogP) is 3.08. The predicted molar refractivity (Wildman–Crippen MR) is 107 cm³/mol. The molecule has 0 unspecified atom stereocenters. The van der Waals surface area contributed by atoms with Crippen LogP contribution in [-0.2, 0) is 11.3 Å². The van der Waals surface area contributed by atoms with E-state index in [-0.39, 0.29) is 12.5 Å². The molecule has 0 aliphatic carbocycles. The number of hydrogen-bond donors (Lipinski definition) is 1. The molecular formula is C22H24N2O5. The van der Waals surface area contributed by atoms with Crippen LogP contribution >= 0.6 is 0 Å². The van der Waals surface area contributed by atoms with E-state index >= 15 is 0 Å². The number of hydrogen-bond acceptors (Lipinski definition) is 5. The average molecular weight is 396 g/mol. The molecule has 0 aromatic heterocycles. The van der Waals surface area contributed by atoms with Gasteiger partial charge in [0.25, 0.3) is 5.91 Å². The van der Waals surface area contributed by atoms with Gasteiger partial charge >= 0.3 is 6.09 Å². The molecule has 2 aromatic carbocycles. The van der Waals surface area contributed by atoms with Crippen LogP contribution < -0.4 is 9.64 Å². The summed E-state index contributed by atoms with van der Waals surface area (Å²) in [5.41, 5.74) is 2.61. The molecule has 4 rings (SSSR count). The van der Waals surface area contributed by atoms with E-state index < -0.39 is 18.4 Å². The highest BCUT2D eigenvalue weighted by Gasteiger charge is 2.44. The molecule has 29 heavy (non-hydrogen) atoms. The summed E-state index contributed by atoms with van der Waals surface area (Å²) < 4.78 is 10.7. The van der Waals surface area contributed by atoms with Crippen molar-refractivity contribution in [3.63, 3.8) is 0 Å². The van der Waals surface area contributed by atoms with Crippen molar-refractivity contribution in [1.82, 2.24) is 4.90 Å². The highest BCUT2D eigenvalue weighted by Crippen LogP contribution is 2.36. The normalized spacial score (nSPS) is 20.7. The molecule has 2 amide bonds. The number of fused-ring (bicyclic) bond motifs is 2. The second kappa shape index (κ2) is 7.75. The van der Waals surface area contributed by atoms with E-state index in [1.54, 1.807) is 23.1 Å². The molecule has 1 saturated heterocycles. The third-order valence-electron chi connectivity index (χ3n) is 5.54. The lowest BCUT2D eigenvalue weighted by molar-refractivity contribution is 0.0485. The van der Waals surface area contributed by atoms with Crippen molar-refractivity contribution in [3.05, 3.63) is 59.2 Å². The first-order valence-electron chi connectivity index (χ1n) is 9.68. The smallest absolute Gasteiger partial charge is 0.416 e. The Labute approximate surface area is 169 Å². The molecule has 152 valence electrons. The van der Waals surface area contributed by atoms with E-state index in [0.717, 1.165) is 17.5 Å². The summed E-state index contributed by atoms with van der Waals surface area (Å²) in [6.45, 7) is 2.61. The zero-order valence-electron chi connectivity index (χ0n) is 16.5. The Bertz CT molecular complexity index is 927. The number of anilines is 1. The van der Waals surface area contributed by atoms with Gasteiger partial charge in [-0.15, -0.1) is 0 Å². The number of amides is 2. The molecule has 2 heterocycles. The van der Waals surface area contributed by atoms with Crippen LogP contribution in [-0.4, -0.2) is 47.9 Å². The van der Waals surface area contributed by atoms with E-state index in [0.29, 0.717) is 30.0 Å². The number of benzene rings is 2. The van der Waals surface area contributed by atoms with Gasteiger partial charge in [-0.25, -0.2) is 9.69 Å². The van der Waals surface area contributed by atoms with E-state index in [9.17, 15) is 14.7 Å². The summed E-state index contributed by atoms with van der Waals surface area (Å²) in [5, 5.41) is 11.0. The number of nitrogens with zero attached hydrogens (tertiary/aromatic N) is 2. The fourth-order valence-corrected chi connectivity index (χ4v) is 3.95. The Morgan fingerprint density at radius 2 is 1.97 bits per heavy atom. The van der Waals surface area contributed by atoms with Crippen LogP contribution in [0.2, 0.25) is 0 Å². The molecule has 0 radical (unpaired) electrons. The number of carbonyl (C=O) groups is 2. The first kappa shape index (κ1) is 19.3. The topological polar surface area (TPSA) is 79.3 Å². The maximum absolute atomic E-state index is 13.1. The van der Waals surface area contributed by atoms with Crippen molar-refractivity contribution in [2.24, 2.45) is 0 Å². The average Bonchev–Trinajstić information content (AvgIpc) is 3.20. The summed E-state index contributed by atoms with van der Waals surface area (Å²) in [4.78, 5) is 28.9. The zero-order chi connectivity index (χ0) is 20.5. The first-order valence-corrected chi connectivity index (χ1v) is 9.68. The van der Waals surface area contributed by atoms with Crippen LogP contribution in [0.25, 0.3) is 0 Å². The van der Waals surface area contributed by atoms with Crippen LogP contribution in [0.1, 0.15) is 34.3 Å². The quantitative estimate of drug-likeness (QED) is 0.863. The standard InChI is InChI=1S/C22H24N2O5/c1-14-5-7-15(8-6-14)13-29-22(27)24-18-10-9-16(28-2)12-17(18)20(25)23-11-3-4-19(23)21(24)26/h5-10,12,19,21,26H,3-4,11,13H2,1-2H3/t19-,21-/m0/s1. The number of methoxy groups -OCH3 is 1. The molecule has 0 bridgehead atoms. The van der Waals surface area contributed by atoms with Crippen LogP contribution in [0.4, 0.5) is 10.5 Å². The molecule has 2 aliphatic heterocycles. The van der Waals surface area contributed by atoms with Crippen molar-refractivity contribution >= 4 is 17.7 Å². The molecule has 2 aliphatic rings. The van der Waals surface area contributed by atoms with Crippen molar-refractivity contribution in [2.45, 2.75) is 38.6 Å². The lowest BCUT2D eigenvalue weighted by Crippen LogP contribution is -2.50. The highest BCUT2D eigenvalue weighted by atomic mass is 16.6. The largest absolute Gasteiger partial charge is 0.497 e. The molecule has 7 nitrogen and oxygen atoms in total. The van der Waals surface area contributed by atoms with Gasteiger partial charge in [0.15, 0.2) is 6.23 Å². The van der Waals surface area contributed by atoms with Crippen molar-refractivity contribution in [2.75, 3.05) is 18.6 Å². The van der Waals surface area contributed by atoms with E-state index in [4.69, 9.17) is 9.47 Å². The second-order valence-electron chi connectivity index (χ2n) is 7.41. The Morgan fingerprint density at radius 1 is 1.21 bits per heavy atom. The Balaban J connectivity index is 1.66. The number of rotatable bonds is 3. The Hall–Kier alpha value is -3.06. The van der Waals surface area contributed by atoms with Gasteiger partial charge in [0, 0.05) is 6.54 Å². The number of carbonyl (C=O) groups excluding carboxylic acids is 2. The number of ether oxygens (including phenoxy) is 2. The summed E-state index contributed by atoms with van der Waals surface area (Å²) in [6.07, 6.45) is -0.466. The molecule has 0 saturated carbocycles. The van der Waals surface area contributed by atoms with Crippen molar-refractivity contribution in [3.8, 4) is 5.75 Å². The third-order valence-corrected chi connectivity index (χ3v) is 5.54. The summed E-state index contributed by atoms with van der Waals surface area (Å²) in [7, 11) is 1.52. The minimum Gasteiger partial charge on any atom is -0.497 e. The molecular weight excluding hydrogens is 372 g/mol. The third kappa shape index (κ3) is 3.53. The minimum absolute atomic E-state index is 0.0795. The SMILES string of the molecule is COc1ccc2c(c1)C(=O)N1CCC[C@H]1[C@H](O)N2C(=O)OCc1ccc(C)cc1. The Morgan fingerprint density at radius 3 is 2.69 bits per heavy atom. The molecule has 2 atom stereocenters. The van der Waals surface area contributed by atoms with Crippen molar-refractivity contribution in [1.29, 1.82) is 0 Å². The number of aryl methyl sites for hydroxylation is 1. The summed E-state index contributed by atoms with van der Waals surface area (Å²) in [6, 6.07) is 12.1. The Kier molecular flexibility index (Phi) is 5.15. The lowest BCUT2D eigenvalue weighted by Gasteiger charge is -2.31. The van der Waals surface area contributed by atoms with Gasteiger partial charge in [-0.3, -0.25) is 4.79 Å².